The number of halogens is 1. The lowest BCUT2D eigenvalue weighted by Crippen LogP contribution is -2.47. The fourth-order valence-corrected chi connectivity index (χ4v) is 1.91. The smallest absolute Gasteiger partial charge is 0.191 e. The maximum atomic E-state index is 5.61. The molecule has 0 saturated heterocycles. The lowest BCUT2D eigenvalue weighted by atomic mass is 9.97. The van der Waals surface area contributed by atoms with Crippen molar-refractivity contribution in [2.24, 2.45) is 4.99 Å². The van der Waals surface area contributed by atoms with Crippen LogP contribution in [0.5, 0.6) is 0 Å². The number of methoxy groups -OCH3 is 1. The Morgan fingerprint density at radius 1 is 1.35 bits per heavy atom. The number of hydrogen-bond acceptors (Lipinski definition) is 4. The molecule has 102 valence electrons. The zero-order chi connectivity index (χ0) is 11.9. The highest BCUT2D eigenvalue weighted by molar-refractivity contribution is 8.93. The molecule has 1 heterocycles. The lowest BCUT2D eigenvalue weighted by molar-refractivity contribution is -0.0124. The minimum Gasteiger partial charge on any atom is -0.376 e. The van der Waals surface area contributed by atoms with Gasteiger partial charge in [0.25, 0.3) is 0 Å². The van der Waals surface area contributed by atoms with Crippen LogP contribution >= 0.6 is 17.0 Å². The molecule has 5 heteroatoms. The molecule has 0 atom stereocenters. The van der Waals surface area contributed by atoms with Crippen LogP contribution in [-0.4, -0.2) is 38.3 Å². The summed E-state index contributed by atoms with van der Waals surface area (Å²) in [5.74, 6) is 0.931. The summed E-state index contributed by atoms with van der Waals surface area (Å²) >= 11 is 0. The van der Waals surface area contributed by atoms with E-state index in [-0.39, 0.29) is 22.6 Å². The number of nitrogens with one attached hydrogen (secondary N) is 2. The molecular weight excluding hydrogens is 282 g/mol. The van der Waals surface area contributed by atoms with Gasteiger partial charge in [-0.05, 0) is 25.7 Å². The second kappa shape index (κ2) is 8.75. The minimum absolute atomic E-state index is 0. The van der Waals surface area contributed by atoms with Crippen molar-refractivity contribution in [1.29, 1.82) is 0 Å². The third kappa shape index (κ3) is 5.25. The molecule has 1 rings (SSSR count). The molecular formula is C12H26BrN3O. The van der Waals surface area contributed by atoms with E-state index in [1.165, 1.54) is 12.8 Å². The van der Waals surface area contributed by atoms with E-state index in [9.17, 15) is 0 Å². The quantitative estimate of drug-likeness (QED) is 0.817. The molecule has 0 saturated carbocycles. The first-order valence-electron chi connectivity index (χ1n) is 6.33. The number of aliphatic imine (C=N–C) groups is 1. The predicted molar refractivity (Wildman–Crippen MR) is 78.2 cm³/mol. The second-order valence-corrected chi connectivity index (χ2v) is 4.31. The van der Waals surface area contributed by atoms with Crippen molar-refractivity contribution in [2.45, 2.75) is 45.1 Å². The molecule has 2 N–H and O–H groups in total. The molecule has 0 amide bonds. The van der Waals surface area contributed by atoms with E-state index < -0.39 is 0 Å². The molecule has 0 fully saturated rings. The van der Waals surface area contributed by atoms with Crippen LogP contribution in [0.15, 0.2) is 4.99 Å². The van der Waals surface area contributed by atoms with Gasteiger partial charge in [0.15, 0.2) is 5.96 Å². The van der Waals surface area contributed by atoms with Gasteiger partial charge < -0.3 is 15.4 Å². The normalized spacial score (nSPS) is 16.3. The van der Waals surface area contributed by atoms with Crippen molar-refractivity contribution >= 4 is 22.9 Å². The number of rotatable bonds is 5. The Labute approximate surface area is 115 Å². The molecule has 0 aromatic heterocycles. The van der Waals surface area contributed by atoms with E-state index in [4.69, 9.17) is 4.74 Å². The summed E-state index contributed by atoms with van der Waals surface area (Å²) in [6, 6.07) is 0. The van der Waals surface area contributed by atoms with Crippen LogP contribution in [0.25, 0.3) is 0 Å². The van der Waals surface area contributed by atoms with Crippen LogP contribution in [0.3, 0.4) is 0 Å². The molecule has 0 aromatic carbocycles. The van der Waals surface area contributed by atoms with Gasteiger partial charge >= 0.3 is 0 Å². The van der Waals surface area contributed by atoms with Crippen LogP contribution in [0.4, 0.5) is 0 Å². The first-order valence-corrected chi connectivity index (χ1v) is 6.33. The van der Waals surface area contributed by atoms with Crippen LogP contribution in [0, 0.1) is 0 Å². The Morgan fingerprint density at radius 3 is 2.65 bits per heavy atom. The molecule has 0 aliphatic carbocycles. The molecule has 0 spiro atoms. The van der Waals surface area contributed by atoms with Crippen molar-refractivity contribution in [3.63, 3.8) is 0 Å². The van der Waals surface area contributed by atoms with E-state index in [2.05, 4.69) is 29.5 Å². The first-order chi connectivity index (χ1) is 7.76. The molecule has 0 radical (unpaired) electrons. The molecule has 17 heavy (non-hydrogen) atoms. The van der Waals surface area contributed by atoms with Gasteiger partial charge in [-0.3, -0.25) is 4.99 Å². The van der Waals surface area contributed by atoms with E-state index in [1.807, 2.05) is 0 Å². The summed E-state index contributed by atoms with van der Waals surface area (Å²) in [6.45, 7) is 7.09. The third-order valence-electron chi connectivity index (χ3n) is 3.45. The maximum Gasteiger partial charge on any atom is 0.191 e. The Hall–Kier alpha value is -0.290. The fraction of sp³-hybridized carbons (Fsp3) is 0.917. The summed E-state index contributed by atoms with van der Waals surface area (Å²) < 4.78 is 5.61. The summed E-state index contributed by atoms with van der Waals surface area (Å²) in [5, 5.41) is 6.68. The summed E-state index contributed by atoms with van der Waals surface area (Å²) in [5.41, 5.74) is -0.0590. The molecule has 4 nitrogen and oxygen atoms in total. The van der Waals surface area contributed by atoms with Gasteiger partial charge in [0.05, 0.1) is 5.60 Å². The first kappa shape index (κ1) is 16.7. The van der Waals surface area contributed by atoms with Gasteiger partial charge in [0.2, 0.25) is 0 Å². The van der Waals surface area contributed by atoms with Crippen molar-refractivity contribution in [3.8, 4) is 0 Å². The summed E-state index contributed by atoms with van der Waals surface area (Å²) in [7, 11) is 1.79. The summed E-state index contributed by atoms with van der Waals surface area (Å²) in [6.07, 6.45) is 4.40. The molecule has 1 aliphatic rings. The van der Waals surface area contributed by atoms with Gasteiger partial charge in [-0.15, -0.1) is 17.0 Å². The zero-order valence-electron chi connectivity index (χ0n) is 11.2. The zero-order valence-corrected chi connectivity index (χ0v) is 12.9. The van der Waals surface area contributed by atoms with E-state index >= 15 is 0 Å². The SMILES string of the molecule is Br.CCC(CC)(CNC1=NCCCCN1)OC. The third-order valence-corrected chi connectivity index (χ3v) is 3.45. The standard InChI is InChI=1S/C12H25N3O.BrH/c1-4-12(5-2,16-3)10-15-11-13-8-6-7-9-14-11;/h4-10H2,1-3H3,(H2,13,14,15);1H. The molecule has 1 aliphatic heterocycles. The van der Waals surface area contributed by atoms with E-state index in [0.29, 0.717) is 0 Å². The van der Waals surface area contributed by atoms with Crippen molar-refractivity contribution < 1.29 is 4.74 Å². The van der Waals surface area contributed by atoms with Crippen molar-refractivity contribution in [2.75, 3.05) is 26.7 Å². The molecule has 0 unspecified atom stereocenters. The number of nitrogens with zero attached hydrogens (tertiary/aromatic N) is 1. The topological polar surface area (TPSA) is 45.7 Å². The number of hydrogen-bond donors (Lipinski definition) is 2. The highest BCUT2D eigenvalue weighted by Crippen LogP contribution is 2.18. The lowest BCUT2D eigenvalue weighted by Gasteiger charge is -2.31. The van der Waals surface area contributed by atoms with Crippen LogP contribution in [0.2, 0.25) is 0 Å². The van der Waals surface area contributed by atoms with E-state index in [0.717, 1.165) is 38.4 Å². The number of guanidine groups is 1. The second-order valence-electron chi connectivity index (χ2n) is 4.31. The average Bonchev–Trinajstić information content (AvgIpc) is 2.60. The van der Waals surface area contributed by atoms with Gasteiger partial charge in [0, 0.05) is 26.7 Å². The summed E-state index contributed by atoms with van der Waals surface area (Å²) in [4.78, 5) is 4.47. The van der Waals surface area contributed by atoms with Gasteiger partial charge in [0.1, 0.15) is 0 Å². The van der Waals surface area contributed by atoms with Crippen LogP contribution < -0.4 is 10.6 Å². The Morgan fingerprint density at radius 2 is 2.06 bits per heavy atom. The average molecular weight is 308 g/mol. The van der Waals surface area contributed by atoms with Crippen LogP contribution in [-0.2, 0) is 4.74 Å². The van der Waals surface area contributed by atoms with Crippen molar-refractivity contribution in [3.05, 3.63) is 0 Å². The fourth-order valence-electron chi connectivity index (χ4n) is 1.91. The molecule has 0 aromatic rings. The van der Waals surface area contributed by atoms with Crippen molar-refractivity contribution in [1.82, 2.24) is 10.6 Å². The largest absolute Gasteiger partial charge is 0.376 e. The highest BCUT2D eigenvalue weighted by atomic mass is 79.9. The minimum atomic E-state index is -0.0590. The van der Waals surface area contributed by atoms with Gasteiger partial charge in [-0.25, -0.2) is 0 Å². The molecule has 0 bridgehead atoms. The highest BCUT2D eigenvalue weighted by Gasteiger charge is 2.25. The monoisotopic (exact) mass is 307 g/mol. The van der Waals surface area contributed by atoms with E-state index in [1.54, 1.807) is 7.11 Å². The van der Waals surface area contributed by atoms with Gasteiger partial charge in [-0.2, -0.15) is 0 Å². The van der Waals surface area contributed by atoms with Crippen LogP contribution in [0.1, 0.15) is 39.5 Å². The Kier molecular flexibility index (Phi) is 8.60. The Balaban J connectivity index is 0.00000256. The predicted octanol–water partition coefficient (Wildman–Crippen LogP) is 2.10. The van der Waals surface area contributed by atoms with Gasteiger partial charge in [-0.1, -0.05) is 13.8 Å². The number of ether oxygens (including phenoxy) is 1. The maximum absolute atomic E-state index is 5.61. The Bertz CT molecular complexity index is 222.